The smallest absolute Gasteiger partial charge is 0.191 e. The molecule has 0 atom stereocenters. The minimum Gasteiger partial charge on any atom is -0.497 e. The molecule has 0 radical (unpaired) electrons. The Morgan fingerprint density at radius 2 is 1.82 bits per heavy atom. The first kappa shape index (κ1) is 18.3. The summed E-state index contributed by atoms with van der Waals surface area (Å²) < 4.78 is 10.5. The molecule has 0 amide bonds. The molecule has 0 saturated carbocycles. The zero-order valence-corrected chi connectivity index (χ0v) is 14.4. The predicted octanol–water partition coefficient (Wildman–Crippen LogP) is 2.22. The molecule has 0 fully saturated rings. The van der Waals surface area contributed by atoms with Crippen molar-refractivity contribution in [3.63, 3.8) is 0 Å². The van der Waals surface area contributed by atoms with Crippen molar-refractivity contribution in [1.82, 2.24) is 10.6 Å². The Hall–Kier alpha value is -1.75. The number of rotatable bonds is 8. The van der Waals surface area contributed by atoms with Crippen LogP contribution in [0.1, 0.15) is 26.3 Å². The summed E-state index contributed by atoms with van der Waals surface area (Å²) in [5, 5.41) is 6.59. The fraction of sp³-hybridized carbons (Fsp3) is 0.588. The zero-order chi connectivity index (χ0) is 16.4. The van der Waals surface area contributed by atoms with Gasteiger partial charge in [0.1, 0.15) is 5.75 Å². The number of ether oxygens (including phenoxy) is 2. The molecule has 124 valence electrons. The largest absolute Gasteiger partial charge is 0.497 e. The summed E-state index contributed by atoms with van der Waals surface area (Å²) in [6, 6.07) is 8.13. The van der Waals surface area contributed by atoms with Gasteiger partial charge in [0.2, 0.25) is 0 Å². The fourth-order valence-electron chi connectivity index (χ4n) is 1.79. The molecule has 5 heteroatoms. The van der Waals surface area contributed by atoms with Crippen LogP contribution in [0, 0.1) is 0 Å². The number of nitrogens with zero attached hydrogens (tertiary/aromatic N) is 1. The number of hydrogen-bond acceptors (Lipinski definition) is 3. The van der Waals surface area contributed by atoms with Crippen molar-refractivity contribution in [3.8, 4) is 5.75 Å². The Labute approximate surface area is 134 Å². The molecular formula is C17H29N3O2. The highest BCUT2D eigenvalue weighted by Crippen LogP contribution is 2.11. The van der Waals surface area contributed by atoms with Gasteiger partial charge in [0.15, 0.2) is 5.96 Å². The van der Waals surface area contributed by atoms with Crippen molar-refractivity contribution < 1.29 is 9.47 Å². The number of nitrogens with one attached hydrogen (secondary N) is 2. The number of hydrogen-bond donors (Lipinski definition) is 2. The molecule has 0 aromatic heterocycles. The molecule has 0 aliphatic heterocycles. The lowest BCUT2D eigenvalue weighted by Gasteiger charge is -2.21. The van der Waals surface area contributed by atoms with E-state index in [9.17, 15) is 0 Å². The van der Waals surface area contributed by atoms with Gasteiger partial charge in [-0.25, -0.2) is 0 Å². The van der Waals surface area contributed by atoms with Gasteiger partial charge in [-0.2, -0.15) is 0 Å². The third-order valence-corrected chi connectivity index (χ3v) is 3.38. The first-order valence-corrected chi connectivity index (χ1v) is 7.71. The molecule has 0 aliphatic carbocycles. The van der Waals surface area contributed by atoms with E-state index in [-0.39, 0.29) is 5.60 Å². The summed E-state index contributed by atoms with van der Waals surface area (Å²) in [5.41, 5.74) is 1.01. The van der Waals surface area contributed by atoms with Crippen LogP contribution in [0.4, 0.5) is 0 Å². The van der Waals surface area contributed by atoms with Crippen LogP contribution < -0.4 is 15.4 Å². The van der Waals surface area contributed by atoms with E-state index in [0.29, 0.717) is 6.54 Å². The Bertz CT molecular complexity index is 455. The highest BCUT2D eigenvalue weighted by Gasteiger charge is 2.15. The Morgan fingerprint density at radius 3 is 2.36 bits per heavy atom. The first-order chi connectivity index (χ1) is 10.5. The van der Waals surface area contributed by atoms with Crippen LogP contribution in [0.2, 0.25) is 0 Å². The molecule has 1 rings (SSSR count). The van der Waals surface area contributed by atoms with E-state index in [1.165, 1.54) is 5.56 Å². The summed E-state index contributed by atoms with van der Waals surface area (Å²) in [6.07, 6.45) is 0.933. The average Bonchev–Trinajstić information content (AvgIpc) is 2.53. The fourth-order valence-corrected chi connectivity index (χ4v) is 1.79. The van der Waals surface area contributed by atoms with Crippen LogP contribution in [0.25, 0.3) is 0 Å². The monoisotopic (exact) mass is 307 g/mol. The molecule has 0 saturated heterocycles. The third-order valence-electron chi connectivity index (χ3n) is 3.38. The van der Waals surface area contributed by atoms with Crippen molar-refractivity contribution in [1.29, 1.82) is 0 Å². The predicted molar refractivity (Wildman–Crippen MR) is 91.8 cm³/mol. The van der Waals surface area contributed by atoms with E-state index in [4.69, 9.17) is 9.47 Å². The first-order valence-electron chi connectivity index (χ1n) is 7.71. The molecule has 0 spiro atoms. The van der Waals surface area contributed by atoms with Crippen molar-refractivity contribution in [2.45, 2.75) is 32.8 Å². The molecular weight excluding hydrogens is 278 g/mol. The van der Waals surface area contributed by atoms with Crippen LogP contribution in [0.3, 0.4) is 0 Å². The van der Waals surface area contributed by atoms with E-state index < -0.39 is 0 Å². The number of methoxy groups -OCH3 is 2. The molecule has 0 heterocycles. The lowest BCUT2D eigenvalue weighted by Crippen LogP contribution is -2.40. The molecule has 1 aromatic carbocycles. The summed E-state index contributed by atoms with van der Waals surface area (Å²) in [4.78, 5) is 4.56. The minimum absolute atomic E-state index is 0.252. The quantitative estimate of drug-likeness (QED) is 0.571. The van der Waals surface area contributed by atoms with Crippen LogP contribution in [0.5, 0.6) is 5.75 Å². The van der Waals surface area contributed by atoms with Crippen LogP contribution in [0.15, 0.2) is 29.3 Å². The van der Waals surface area contributed by atoms with Gasteiger partial charge >= 0.3 is 0 Å². The van der Waals surface area contributed by atoms with Crippen LogP contribution >= 0.6 is 0 Å². The lowest BCUT2D eigenvalue weighted by molar-refractivity contribution is 0.0310. The summed E-state index contributed by atoms with van der Waals surface area (Å²) >= 11 is 0. The summed E-state index contributed by atoms with van der Waals surface area (Å²) in [6.45, 7) is 8.38. The molecule has 0 unspecified atom stereocenters. The van der Waals surface area contributed by atoms with Gasteiger partial charge in [-0.1, -0.05) is 12.1 Å². The van der Waals surface area contributed by atoms with Crippen molar-refractivity contribution in [2.75, 3.05) is 33.9 Å². The molecule has 0 aliphatic rings. The second-order valence-electron chi connectivity index (χ2n) is 5.68. The minimum atomic E-state index is -0.252. The van der Waals surface area contributed by atoms with Gasteiger partial charge in [-0.05, 0) is 44.9 Å². The second kappa shape index (κ2) is 9.30. The van der Waals surface area contributed by atoms with Gasteiger partial charge < -0.3 is 20.1 Å². The highest BCUT2D eigenvalue weighted by molar-refractivity contribution is 5.79. The van der Waals surface area contributed by atoms with E-state index in [0.717, 1.165) is 31.2 Å². The Morgan fingerprint density at radius 1 is 1.14 bits per heavy atom. The lowest BCUT2D eigenvalue weighted by atomic mass is 10.1. The highest BCUT2D eigenvalue weighted by atomic mass is 16.5. The van der Waals surface area contributed by atoms with Crippen molar-refractivity contribution in [2.24, 2.45) is 4.99 Å². The molecule has 0 bridgehead atoms. The van der Waals surface area contributed by atoms with Gasteiger partial charge in [0.05, 0.1) is 19.3 Å². The van der Waals surface area contributed by atoms with E-state index in [1.54, 1.807) is 14.2 Å². The number of benzene rings is 1. The standard InChI is InChI=1S/C17H29N3O2/c1-6-18-16(20-13-17(2,3)22-5)19-12-11-14-7-9-15(21-4)10-8-14/h7-10H,6,11-13H2,1-5H3,(H2,18,19,20). The van der Waals surface area contributed by atoms with Crippen molar-refractivity contribution in [3.05, 3.63) is 29.8 Å². The van der Waals surface area contributed by atoms with E-state index in [1.807, 2.05) is 26.0 Å². The van der Waals surface area contributed by atoms with Gasteiger partial charge in [-0.15, -0.1) is 0 Å². The van der Waals surface area contributed by atoms with Crippen LogP contribution in [-0.2, 0) is 11.2 Å². The Kier molecular flexibility index (Phi) is 7.74. The maximum atomic E-state index is 5.39. The number of guanidine groups is 1. The van der Waals surface area contributed by atoms with Crippen LogP contribution in [-0.4, -0.2) is 45.4 Å². The maximum Gasteiger partial charge on any atom is 0.191 e. The third kappa shape index (κ3) is 6.80. The zero-order valence-electron chi connectivity index (χ0n) is 14.4. The average molecular weight is 307 g/mol. The van der Waals surface area contributed by atoms with Gasteiger partial charge in [-0.3, -0.25) is 4.99 Å². The summed E-state index contributed by atoms with van der Waals surface area (Å²) in [7, 11) is 3.39. The van der Waals surface area contributed by atoms with Gasteiger partial charge in [0, 0.05) is 20.2 Å². The van der Waals surface area contributed by atoms with E-state index in [2.05, 4.69) is 34.7 Å². The molecule has 2 N–H and O–H groups in total. The SMILES string of the molecule is CCNC(=NCC(C)(C)OC)NCCc1ccc(OC)cc1. The maximum absolute atomic E-state index is 5.39. The second-order valence-corrected chi connectivity index (χ2v) is 5.68. The Balaban J connectivity index is 2.47. The normalized spacial score (nSPS) is 12.1. The van der Waals surface area contributed by atoms with Gasteiger partial charge in [0.25, 0.3) is 0 Å². The summed E-state index contributed by atoms with van der Waals surface area (Å²) in [5.74, 6) is 1.70. The van der Waals surface area contributed by atoms with Crippen molar-refractivity contribution >= 4 is 5.96 Å². The van der Waals surface area contributed by atoms with E-state index >= 15 is 0 Å². The molecule has 5 nitrogen and oxygen atoms in total. The molecule has 1 aromatic rings. The topological polar surface area (TPSA) is 54.9 Å². The molecule has 22 heavy (non-hydrogen) atoms. The number of aliphatic imine (C=N–C) groups is 1.